The Hall–Kier alpha value is -2.28. The van der Waals surface area contributed by atoms with Crippen molar-refractivity contribution in [3.8, 4) is 6.07 Å². The van der Waals surface area contributed by atoms with Crippen LogP contribution in [0.25, 0.3) is 11.0 Å². The Kier molecular flexibility index (Phi) is 2.39. The molecule has 1 aromatic carbocycles. The lowest BCUT2D eigenvalue weighted by Crippen LogP contribution is -2.29. The molecule has 0 radical (unpaired) electrons. The SMILES string of the molecule is C[C@@H](c1cc2cc(C#N)ccc2o1)C1(C(N)=O)CC1. The van der Waals surface area contributed by atoms with Crippen molar-refractivity contribution in [3.63, 3.8) is 0 Å². The average Bonchev–Trinajstić information content (AvgIpc) is 3.11. The number of hydrogen-bond donors (Lipinski definition) is 1. The third-order valence-corrected chi connectivity index (χ3v) is 4.20. The van der Waals surface area contributed by atoms with E-state index in [4.69, 9.17) is 15.4 Å². The Labute approximate surface area is 110 Å². The Balaban J connectivity index is 2.02. The van der Waals surface area contributed by atoms with Crippen LogP contribution in [0.15, 0.2) is 28.7 Å². The molecule has 1 saturated carbocycles. The molecule has 1 amide bonds. The highest BCUT2D eigenvalue weighted by Gasteiger charge is 2.54. The van der Waals surface area contributed by atoms with E-state index in [1.165, 1.54) is 0 Å². The number of fused-ring (bicyclic) bond motifs is 1. The summed E-state index contributed by atoms with van der Waals surface area (Å²) in [5, 5.41) is 9.77. The standard InChI is InChI=1S/C15H14N2O2/c1-9(15(4-5-15)14(17)18)13-7-11-6-10(8-16)2-3-12(11)19-13/h2-3,6-7,9H,4-5H2,1H3,(H2,17,18)/t9-/m0/s1. The van der Waals surface area contributed by atoms with Gasteiger partial charge in [-0.1, -0.05) is 6.92 Å². The molecule has 0 unspecified atom stereocenters. The first-order valence-electron chi connectivity index (χ1n) is 6.30. The lowest BCUT2D eigenvalue weighted by atomic mass is 9.88. The fraction of sp³-hybridized carbons (Fsp3) is 0.333. The summed E-state index contributed by atoms with van der Waals surface area (Å²) in [5.41, 5.74) is 6.39. The van der Waals surface area contributed by atoms with E-state index in [1.54, 1.807) is 18.2 Å². The van der Waals surface area contributed by atoms with Gasteiger partial charge in [-0.05, 0) is 37.1 Å². The molecule has 4 heteroatoms. The minimum absolute atomic E-state index is 0.0251. The number of primary amides is 1. The maximum Gasteiger partial charge on any atom is 0.224 e. The van der Waals surface area contributed by atoms with E-state index in [1.807, 2.05) is 13.0 Å². The van der Waals surface area contributed by atoms with E-state index in [9.17, 15) is 4.79 Å². The topological polar surface area (TPSA) is 80.0 Å². The maximum atomic E-state index is 11.6. The van der Waals surface area contributed by atoms with Gasteiger partial charge in [-0.25, -0.2) is 0 Å². The smallest absolute Gasteiger partial charge is 0.224 e. The van der Waals surface area contributed by atoms with Crippen molar-refractivity contribution in [1.82, 2.24) is 0 Å². The maximum absolute atomic E-state index is 11.6. The summed E-state index contributed by atoms with van der Waals surface area (Å²) in [7, 11) is 0. The largest absolute Gasteiger partial charge is 0.461 e. The second kappa shape index (κ2) is 3.86. The molecule has 2 N–H and O–H groups in total. The van der Waals surface area contributed by atoms with Gasteiger partial charge in [0.05, 0.1) is 17.0 Å². The number of amides is 1. The zero-order chi connectivity index (χ0) is 13.6. The van der Waals surface area contributed by atoms with Gasteiger partial charge >= 0.3 is 0 Å². The van der Waals surface area contributed by atoms with Crippen LogP contribution in [0.1, 0.15) is 37.0 Å². The predicted octanol–water partition coefficient (Wildman–Crippen LogP) is 2.67. The van der Waals surface area contributed by atoms with Gasteiger partial charge in [0.2, 0.25) is 5.91 Å². The molecule has 1 aliphatic rings. The fourth-order valence-corrected chi connectivity index (χ4v) is 2.65. The molecule has 1 heterocycles. The molecule has 0 aliphatic heterocycles. The summed E-state index contributed by atoms with van der Waals surface area (Å²) < 4.78 is 5.79. The molecular formula is C15H14N2O2. The van der Waals surface area contributed by atoms with Gasteiger partial charge in [0.25, 0.3) is 0 Å². The molecule has 4 nitrogen and oxygen atoms in total. The number of carbonyl (C=O) groups excluding carboxylic acids is 1. The summed E-state index contributed by atoms with van der Waals surface area (Å²) in [6.07, 6.45) is 1.65. The van der Waals surface area contributed by atoms with Gasteiger partial charge in [0.15, 0.2) is 0 Å². The van der Waals surface area contributed by atoms with Crippen LogP contribution in [0.4, 0.5) is 0 Å². The third kappa shape index (κ3) is 1.70. The van der Waals surface area contributed by atoms with Gasteiger partial charge in [0.1, 0.15) is 11.3 Å². The Morgan fingerprint density at radius 3 is 2.79 bits per heavy atom. The summed E-state index contributed by atoms with van der Waals surface area (Å²) in [4.78, 5) is 11.6. The number of furan rings is 1. The van der Waals surface area contributed by atoms with Crippen molar-refractivity contribution in [1.29, 1.82) is 5.26 Å². The van der Waals surface area contributed by atoms with E-state index in [2.05, 4.69) is 6.07 Å². The van der Waals surface area contributed by atoms with Crippen LogP contribution in [-0.4, -0.2) is 5.91 Å². The Morgan fingerprint density at radius 1 is 1.47 bits per heavy atom. The van der Waals surface area contributed by atoms with Crippen molar-refractivity contribution in [2.45, 2.75) is 25.7 Å². The molecule has 2 aromatic rings. The van der Waals surface area contributed by atoms with E-state index >= 15 is 0 Å². The van der Waals surface area contributed by atoms with Gasteiger partial charge < -0.3 is 10.2 Å². The highest BCUT2D eigenvalue weighted by molar-refractivity contribution is 5.85. The van der Waals surface area contributed by atoms with Crippen LogP contribution >= 0.6 is 0 Å². The van der Waals surface area contributed by atoms with Crippen LogP contribution in [0.5, 0.6) is 0 Å². The summed E-state index contributed by atoms with van der Waals surface area (Å²) >= 11 is 0. The zero-order valence-electron chi connectivity index (χ0n) is 10.6. The minimum atomic E-state index is -0.439. The number of nitrogens with zero attached hydrogens (tertiary/aromatic N) is 1. The van der Waals surface area contributed by atoms with E-state index in [0.717, 1.165) is 29.6 Å². The second-order valence-electron chi connectivity index (χ2n) is 5.26. The first-order valence-corrected chi connectivity index (χ1v) is 6.30. The molecule has 1 atom stereocenters. The van der Waals surface area contributed by atoms with E-state index < -0.39 is 5.41 Å². The third-order valence-electron chi connectivity index (χ3n) is 4.20. The number of carbonyl (C=O) groups is 1. The second-order valence-corrected chi connectivity index (χ2v) is 5.26. The highest BCUT2D eigenvalue weighted by atomic mass is 16.3. The van der Waals surface area contributed by atoms with Gasteiger partial charge in [-0.15, -0.1) is 0 Å². The van der Waals surface area contributed by atoms with E-state index in [0.29, 0.717) is 5.56 Å². The van der Waals surface area contributed by atoms with Gasteiger partial charge in [-0.3, -0.25) is 4.79 Å². The minimum Gasteiger partial charge on any atom is -0.461 e. The number of nitrogens with two attached hydrogens (primary N) is 1. The number of nitriles is 1. The molecule has 3 rings (SSSR count). The molecular weight excluding hydrogens is 240 g/mol. The van der Waals surface area contributed by atoms with Crippen LogP contribution in [0, 0.1) is 16.7 Å². The molecule has 1 fully saturated rings. The lowest BCUT2D eigenvalue weighted by molar-refractivity contribution is -0.123. The normalized spacial score (nSPS) is 17.9. The summed E-state index contributed by atoms with van der Waals surface area (Å²) in [6.45, 7) is 1.97. The molecule has 96 valence electrons. The van der Waals surface area contributed by atoms with E-state index in [-0.39, 0.29) is 11.8 Å². The van der Waals surface area contributed by atoms with Crippen molar-refractivity contribution >= 4 is 16.9 Å². The Bertz CT molecular complexity index is 704. The molecule has 0 saturated heterocycles. The van der Waals surface area contributed by atoms with Crippen LogP contribution in [0.3, 0.4) is 0 Å². The average molecular weight is 254 g/mol. The van der Waals surface area contributed by atoms with Gasteiger partial charge in [0, 0.05) is 11.3 Å². The lowest BCUT2D eigenvalue weighted by Gasteiger charge is -2.17. The quantitative estimate of drug-likeness (QED) is 0.914. The summed E-state index contributed by atoms with van der Waals surface area (Å²) in [5.74, 6) is 0.488. The molecule has 19 heavy (non-hydrogen) atoms. The fourth-order valence-electron chi connectivity index (χ4n) is 2.65. The first-order chi connectivity index (χ1) is 9.06. The highest BCUT2D eigenvalue weighted by Crippen LogP contribution is 2.56. The monoisotopic (exact) mass is 254 g/mol. The van der Waals surface area contributed by atoms with Crippen molar-refractivity contribution in [3.05, 3.63) is 35.6 Å². The van der Waals surface area contributed by atoms with Crippen molar-refractivity contribution < 1.29 is 9.21 Å². The van der Waals surface area contributed by atoms with Crippen molar-refractivity contribution in [2.75, 3.05) is 0 Å². The Morgan fingerprint density at radius 2 is 2.21 bits per heavy atom. The van der Waals surface area contributed by atoms with Gasteiger partial charge in [-0.2, -0.15) is 5.26 Å². The number of benzene rings is 1. The van der Waals surface area contributed by atoms with Crippen molar-refractivity contribution in [2.24, 2.45) is 11.1 Å². The molecule has 0 spiro atoms. The zero-order valence-corrected chi connectivity index (χ0v) is 10.6. The summed E-state index contributed by atoms with van der Waals surface area (Å²) in [6, 6.07) is 9.31. The molecule has 0 bridgehead atoms. The first kappa shape index (κ1) is 11.8. The van der Waals surface area contributed by atoms with Crippen LogP contribution in [-0.2, 0) is 4.79 Å². The molecule has 1 aromatic heterocycles. The van der Waals surface area contributed by atoms with Crippen LogP contribution in [0.2, 0.25) is 0 Å². The predicted molar refractivity (Wildman–Crippen MR) is 70.2 cm³/mol. The molecule has 1 aliphatic carbocycles. The number of rotatable bonds is 3. The number of hydrogen-bond acceptors (Lipinski definition) is 3. The van der Waals surface area contributed by atoms with Crippen LogP contribution < -0.4 is 5.73 Å².